The Labute approximate surface area is 124 Å². The summed E-state index contributed by atoms with van der Waals surface area (Å²) in [5.41, 5.74) is 0.289. The van der Waals surface area contributed by atoms with Crippen LogP contribution >= 0.6 is 0 Å². The van der Waals surface area contributed by atoms with Crippen molar-refractivity contribution < 1.29 is 15.0 Å². The van der Waals surface area contributed by atoms with Crippen LogP contribution in [-0.4, -0.2) is 64.6 Å². The van der Waals surface area contributed by atoms with Crippen LogP contribution < -0.4 is 0 Å². The number of benzene rings is 1. The number of Topliss-reactive ketones (excluding diaryl/α,β-unsaturated/α-hetero) is 1. The summed E-state index contributed by atoms with van der Waals surface area (Å²) in [7, 11) is 0. The first-order valence-corrected chi connectivity index (χ1v) is 7.65. The van der Waals surface area contributed by atoms with Gasteiger partial charge in [-0.3, -0.25) is 14.6 Å². The normalized spacial score (nSPS) is 23.7. The first-order chi connectivity index (χ1) is 10.1. The minimum atomic E-state index is -0.143. The highest BCUT2D eigenvalue weighted by Gasteiger charge is 2.30. The van der Waals surface area contributed by atoms with Gasteiger partial charge in [0.15, 0.2) is 5.78 Å². The molecule has 21 heavy (non-hydrogen) atoms. The summed E-state index contributed by atoms with van der Waals surface area (Å²) in [5.74, 6) is -0.260. The lowest BCUT2D eigenvalue weighted by atomic mass is 10.1. The minimum Gasteiger partial charge on any atom is -0.508 e. The average molecular weight is 290 g/mol. The molecule has 5 heteroatoms. The maximum Gasteiger partial charge on any atom is 0.180 e. The molecule has 0 aromatic heterocycles. The lowest BCUT2D eigenvalue weighted by Gasteiger charge is -2.23. The van der Waals surface area contributed by atoms with Crippen LogP contribution in [0.25, 0.3) is 0 Å². The molecule has 0 radical (unpaired) electrons. The van der Waals surface area contributed by atoms with Gasteiger partial charge >= 0.3 is 0 Å². The molecule has 3 rings (SSSR count). The smallest absolute Gasteiger partial charge is 0.180 e. The Morgan fingerprint density at radius 2 is 1.95 bits per heavy atom. The van der Waals surface area contributed by atoms with Crippen molar-refractivity contribution in [3.8, 4) is 11.5 Å². The van der Waals surface area contributed by atoms with Crippen LogP contribution in [0.1, 0.15) is 29.6 Å². The number of carbonyl (C=O) groups is 1. The van der Waals surface area contributed by atoms with Crippen LogP contribution in [0, 0.1) is 0 Å². The number of phenols is 2. The number of carbonyl (C=O) groups excluding carboxylic acids is 1. The second-order valence-corrected chi connectivity index (χ2v) is 6.05. The molecule has 2 aliphatic rings. The Bertz CT molecular complexity index is 526. The number of aromatic hydroxyl groups is 2. The third kappa shape index (κ3) is 3.19. The quantitative estimate of drug-likeness (QED) is 0.822. The second-order valence-electron chi connectivity index (χ2n) is 6.05. The monoisotopic (exact) mass is 290 g/mol. The average Bonchev–Trinajstić information content (AvgIpc) is 3.08. The first kappa shape index (κ1) is 14.4. The van der Waals surface area contributed by atoms with Gasteiger partial charge in [-0.15, -0.1) is 0 Å². The maximum atomic E-state index is 12.3. The number of hydrogen-bond acceptors (Lipinski definition) is 5. The lowest BCUT2D eigenvalue weighted by Crippen LogP contribution is -2.36. The molecule has 2 fully saturated rings. The van der Waals surface area contributed by atoms with Gasteiger partial charge in [-0.1, -0.05) is 0 Å². The standard InChI is InChI=1S/C16H22N2O3/c19-13-3-4-14(15(20)9-13)16(21)11-17-8-5-12(10-17)18-6-1-2-7-18/h3-4,9,12,19-20H,1-2,5-8,10-11H2. The van der Waals surface area contributed by atoms with E-state index in [1.165, 1.54) is 44.1 Å². The van der Waals surface area contributed by atoms with E-state index in [2.05, 4.69) is 9.80 Å². The van der Waals surface area contributed by atoms with Crippen molar-refractivity contribution in [2.24, 2.45) is 0 Å². The van der Waals surface area contributed by atoms with Crippen molar-refractivity contribution >= 4 is 5.78 Å². The number of phenolic OH excluding ortho intramolecular Hbond substituents is 2. The molecule has 1 unspecified atom stereocenters. The molecule has 1 aromatic carbocycles. The van der Waals surface area contributed by atoms with E-state index < -0.39 is 0 Å². The molecule has 1 atom stereocenters. The predicted molar refractivity (Wildman–Crippen MR) is 79.8 cm³/mol. The Kier molecular flexibility index (Phi) is 4.12. The third-order valence-corrected chi connectivity index (χ3v) is 4.55. The number of nitrogens with zero attached hydrogens (tertiary/aromatic N) is 2. The summed E-state index contributed by atoms with van der Waals surface area (Å²) in [6.45, 7) is 4.58. The zero-order valence-electron chi connectivity index (χ0n) is 12.2. The Hall–Kier alpha value is -1.59. The van der Waals surface area contributed by atoms with Crippen LogP contribution in [0.15, 0.2) is 18.2 Å². The molecule has 0 aliphatic carbocycles. The summed E-state index contributed by atoms with van der Waals surface area (Å²) in [4.78, 5) is 17.0. The number of rotatable bonds is 4. The van der Waals surface area contributed by atoms with Gasteiger partial charge < -0.3 is 10.2 Å². The fourth-order valence-electron chi connectivity index (χ4n) is 3.40. The zero-order chi connectivity index (χ0) is 14.8. The van der Waals surface area contributed by atoms with Gasteiger partial charge in [-0.25, -0.2) is 0 Å². The SMILES string of the molecule is O=C(CN1CCC(N2CCCC2)C1)c1ccc(O)cc1O. The Morgan fingerprint density at radius 1 is 1.19 bits per heavy atom. The van der Waals surface area contributed by atoms with Crippen LogP contribution in [-0.2, 0) is 0 Å². The van der Waals surface area contributed by atoms with Crippen molar-refractivity contribution in [3.63, 3.8) is 0 Å². The summed E-state index contributed by atoms with van der Waals surface area (Å²) < 4.78 is 0. The maximum absolute atomic E-state index is 12.3. The van der Waals surface area contributed by atoms with E-state index in [9.17, 15) is 15.0 Å². The summed E-state index contributed by atoms with van der Waals surface area (Å²) >= 11 is 0. The second kappa shape index (κ2) is 6.03. The molecule has 114 valence electrons. The molecule has 2 heterocycles. The van der Waals surface area contributed by atoms with E-state index in [4.69, 9.17) is 0 Å². The highest BCUT2D eigenvalue weighted by molar-refractivity contribution is 6.00. The van der Waals surface area contributed by atoms with Crippen molar-refractivity contribution in [3.05, 3.63) is 23.8 Å². The topological polar surface area (TPSA) is 64.0 Å². The van der Waals surface area contributed by atoms with Gasteiger partial charge in [0.1, 0.15) is 11.5 Å². The van der Waals surface area contributed by atoms with Crippen molar-refractivity contribution in [1.29, 1.82) is 0 Å². The van der Waals surface area contributed by atoms with Gasteiger partial charge in [0.25, 0.3) is 0 Å². The molecule has 2 aliphatic heterocycles. The molecule has 0 bridgehead atoms. The van der Waals surface area contributed by atoms with E-state index in [0.29, 0.717) is 12.6 Å². The van der Waals surface area contributed by atoms with Crippen LogP contribution in [0.5, 0.6) is 11.5 Å². The molecular weight excluding hydrogens is 268 g/mol. The number of hydrogen-bond donors (Lipinski definition) is 2. The molecular formula is C16H22N2O3. The van der Waals surface area contributed by atoms with Gasteiger partial charge in [0.05, 0.1) is 12.1 Å². The van der Waals surface area contributed by atoms with Crippen molar-refractivity contribution in [2.75, 3.05) is 32.7 Å². The van der Waals surface area contributed by atoms with Gasteiger partial charge in [0, 0.05) is 25.2 Å². The molecule has 2 N–H and O–H groups in total. The van der Waals surface area contributed by atoms with Crippen LogP contribution in [0.4, 0.5) is 0 Å². The minimum absolute atomic E-state index is 0.0284. The van der Waals surface area contributed by atoms with Crippen LogP contribution in [0.3, 0.4) is 0 Å². The Balaban J connectivity index is 1.58. The molecule has 1 aromatic rings. The van der Waals surface area contributed by atoms with Gasteiger partial charge in [0.2, 0.25) is 0 Å². The van der Waals surface area contributed by atoms with E-state index in [1.807, 2.05) is 0 Å². The van der Waals surface area contributed by atoms with Crippen molar-refractivity contribution in [2.45, 2.75) is 25.3 Å². The van der Waals surface area contributed by atoms with Gasteiger partial charge in [-0.2, -0.15) is 0 Å². The number of likely N-dealkylation sites (tertiary alicyclic amines) is 2. The molecule has 0 amide bonds. The van der Waals surface area contributed by atoms with E-state index in [-0.39, 0.29) is 22.8 Å². The summed E-state index contributed by atoms with van der Waals surface area (Å²) in [6, 6.07) is 4.71. The number of ketones is 1. The fourth-order valence-corrected chi connectivity index (χ4v) is 3.40. The van der Waals surface area contributed by atoms with E-state index >= 15 is 0 Å². The lowest BCUT2D eigenvalue weighted by molar-refractivity contribution is 0.0937. The van der Waals surface area contributed by atoms with Crippen molar-refractivity contribution in [1.82, 2.24) is 9.80 Å². The molecule has 5 nitrogen and oxygen atoms in total. The Morgan fingerprint density at radius 3 is 2.67 bits per heavy atom. The highest BCUT2D eigenvalue weighted by Crippen LogP contribution is 2.24. The summed E-state index contributed by atoms with van der Waals surface area (Å²) in [5, 5.41) is 19.0. The third-order valence-electron chi connectivity index (χ3n) is 4.55. The molecule has 0 spiro atoms. The highest BCUT2D eigenvalue weighted by atomic mass is 16.3. The van der Waals surface area contributed by atoms with Crippen LogP contribution in [0.2, 0.25) is 0 Å². The fraction of sp³-hybridized carbons (Fsp3) is 0.562. The summed E-state index contributed by atoms with van der Waals surface area (Å²) in [6.07, 6.45) is 3.70. The molecule has 0 saturated carbocycles. The first-order valence-electron chi connectivity index (χ1n) is 7.65. The molecule has 2 saturated heterocycles. The largest absolute Gasteiger partial charge is 0.508 e. The van der Waals surface area contributed by atoms with E-state index in [0.717, 1.165) is 19.5 Å². The van der Waals surface area contributed by atoms with Gasteiger partial charge in [-0.05, 0) is 44.5 Å². The zero-order valence-corrected chi connectivity index (χ0v) is 12.2. The van der Waals surface area contributed by atoms with E-state index in [1.54, 1.807) is 0 Å². The predicted octanol–water partition coefficient (Wildman–Crippen LogP) is 1.45.